The third-order valence-corrected chi connectivity index (χ3v) is 16.9. The lowest BCUT2D eigenvalue weighted by Gasteiger charge is -2.29. The SMILES string of the molecule is N#Cc1ccc(-c2c(-c3ccccc3)c(-c3ccccc3)c(-c3ccccc3)c(-c3ccccc3)c2-c2ccc(-n3c4ccc(-n5c6ccccc6c6ccccc65)cc4c4cc(-n5c6ccccc6c6ccccc65)ccc43)cc2)cc1. The van der Waals surface area contributed by atoms with E-state index in [1.165, 1.54) is 43.6 Å². The first-order valence-corrected chi connectivity index (χ1v) is 28.3. The average molecular weight is 1060 g/mol. The third-order valence-electron chi connectivity index (χ3n) is 16.9. The quantitative estimate of drug-likeness (QED) is 0.142. The third kappa shape index (κ3) is 7.67. The lowest BCUT2D eigenvalue weighted by Crippen LogP contribution is -2.02. The highest BCUT2D eigenvalue weighted by atomic mass is 15.0. The minimum Gasteiger partial charge on any atom is -0.309 e. The van der Waals surface area contributed by atoms with Crippen LogP contribution in [0.3, 0.4) is 0 Å². The molecule has 0 aliphatic carbocycles. The summed E-state index contributed by atoms with van der Waals surface area (Å²) in [6.07, 6.45) is 0. The minimum atomic E-state index is 0.615. The van der Waals surface area contributed by atoms with Crippen LogP contribution in [0.5, 0.6) is 0 Å². The van der Waals surface area contributed by atoms with Gasteiger partial charge in [-0.05, 0) is 152 Å². The van der Waals surface area contributed by atoms with Crippen LogP contribution in [0.1, 0.15) is 5.56 Å². The van der Waals surface area contributed by atoms with Gasteiger partial charge in [-0.3, -0.25) is 0 Å². The van der Waals surface area contributed by atoms with Gasteiger partial charge in [0.05, 0.1) is 44.7 Å². The zero-order chi connectivity index (χ0) is 55.0. The van der Waals surface area contributed by atoms with Crippen LogP contribution in [0, 0.1) is 11.3 Å². The molecule has 3 heterocycles. The molecule has 386 valence electrons. The van der Waals surface area contributed by atoms with Gasteiger partial charge in [0.25, 0.3) is 0 Å². The molecule has 3 aromatic heterocycles. The van der Waals surface area contributed by atoms with E-state index in [-0.39, 0.29) is 0 Å². The Morgan fingerprint density at radius 3 is 0.759 bits per heavy atom. The van der Waals surface area contributed by atoms with Crippen LogP contribution in [0.2, 0.25) is 0 Å². The van der Waals surface area contributed by atoms with Crippen molar-refractivity contribution in [1.82, 2.24) is 13.7 Å². The molecular weight excluding hydrogens is 1000 g/mol. The number of aromatic nitrogens is 3. The minimum absolute atomic E-state index is 0.615. The first kappa shape index (κ1) is 47.7. The first-order valence-electron chi connectivity index (χ1n) is 28.3. The molecule has 13 aromatic carbocycles. The summed E-state index contributed by atoms with van der Waals surface area (Å²) < 4.78 is 7.29. The van der Waals surface area contributed by atoms with Crippen LogP contribution in [-0.4, -0.2) is 13.7 Å². The van der Waals surface area contributed by atoms with E-state index in [1.807, 2.05) is 12.1 Å². The second-order valence-electron chi connectivity index (χ2n) is 21.4. The molecule has 4 nitrogen and oxygen atoms in total. The van der Waals surface area contributed by atoms with Gasteiger partial charge >= 0.3 is 0 Å². The maximum absolute atomic E-state index is 10.2. The summed E-state index contributed by atoms with van der Waals surface area (Å²) in [5.74, 6) is 0. The molecule has 0 saturated heterocycles. The number of rotatable bonds is 9. The molecular formula is C79H50N4. The largest absolute Gasteiger partial charge is 0.309 e. The van der Waals surface area contributed by atoms with Gasteiger partial charge in [0, 0.05) is 49.4 Å². The summed E-state index contributed by atoms with van der Waals surface area (Å²) in [6, 6.07) is 112. The molecule has 16 aromatic rings. The summed E-state index contributed by atoms with van der Waals surface area (Å²) in [6.45, 7) is 0. The number of hydrogen-bond acceptors (Lipinski definition) is 1. The Hall–Kier alpha value is -11.3. The fraction of sp³-hybridized carbons (Fsp3) is 0. The van der Waals surface area contributed by atoms with Crippen LogP contribution in [0.15, 0.2) is 303 Å². The molecule has 0 fully saturated rings. The van der Waals surface area contributed by atoms with E-state index in [1.54, 1.807) is 0 Å². The van der Waals surface area contributed by atoms with Crippen molar-refractivity contribution in [3.8, 4) is 89.9 Å². The van der Waals surface area contributed by atoms with Gasteiger partial charge in [0.15, 0.2) is 0 Å². The highest BCUT2D eigenvalue weighted by molar-refractivity contribution is 6.17. The Kier molecular flexibility index (Phi) is 11.2. The van der Waals surface area contributed by atoms with Crippen molar-refractivity contribution in [2.75, 3.05) is 0 Å². The second-order valence-corrected chi connectivity index (χ2v) is 21.4. The Labute approximate surface area is 480 Å². The Morgan fingerprint density at radius 1 is 0.205 bits per heavy atom. The van der Waals surface area contributed by atoms with Gasteiger partial charge in [0.1, 0.15) is 0 Å². The predicted octanol–water partition coefficient (Wildman–Crippen LogP) is 20.9. The molecule has 0 aliphatic heterocycles. The fourth-order valence-electron chi connectivity index (χ4n) is 13.3. The summed E-state index contributed by atoms with van der Waals surface area (Å²) in [4.78, 5) is 0. The highest BCUT2D eigenvalue weighted by Gasteiger charge is 2.30. The normalized spacial score (nSPS) is 11.6. The topological polar surface area (TPSA) is 38.6 Å². The molecule has 0 N–H and O–H groups in total. The van der Waals surface area contributed by atoms with E-state index in [0.29, 0.717) is 5.56 Å². The lowest BCUT2D eigenvalue weighted by molar-refractivity contribution is 1.16. The molecule has 0 spiro atoms. The lowest BCUT2D eigenvalue weighted by atomic mass is 9.74. The molecule has 0 unspecified atom stereocenters. The van der Waals surface area contributed by atoms with Crippen LogP contribution < -0.4 is 0 Å². The average Bonchev–Trinajstić information content (AvgIpc) is 3.32. The Balaban J connectivity index is 0.982. The fourth-order valence-corrected chi connectivity index (χ4v) is 13.3. The monoisotopic (exact) mass is 1050 g/mol. The van der Waals surface area contributed by atoms with E-state index in [4.69, 9.17) is 0 Å². The van der Waals surface area contributed by atoms with E-state index in [9.17, 15) is 5.26 Å². The van der Waals surface area contributed by atoms with Crippen molar-refractivity contribution in [2.24, 2.45) is 0 Å². The van der Waals surface area contributed by atoms with Crippen LogP contribution in [0.25, 0.3) is 149 Å². The summed E-state index contributed by atoms with van der Waals surface area (Å²) in [5, 5.41) is 17.4. The maximum Gasteiger partial charge on any atom is 0.0991 e. The van der Waals surface area contributed by atoms with E-state index in [2.05, 4.69) is 311 Å². The van der Waals surface area contributed by atoms with E-state index >= 15 is 0 Å². The van der Waals surface area contributed by atoms with Gasteiger partial charge in [0.2, 0.25) is 0 Å². The van der Waals surface area contributed by atoms with E-state index in [0.717, 1.165) is 106 Å². The summed E-state index contributed by atoms with van der Waals surface area (Å²) in [5.41, 5.74) is 24.1. The van der Waals surface area contributed by atoms with Crippen molar-refractivity contribution >= 4 is 65.4 Å². The standard InChI is InChI=1S/C79H50N4/c80-51-52-37-39-57(40-38-52)78-76(55-25-9-3-10-26-55)74(53-21-5-1-6-22-53)75(54-23-7-2-8-24-54)77(56-27-11-4-12-28-56)79(78)58-41-43-59(44-42-58)81-72-47-45-60(82-68-33-17-13-29-62(68)63-30-14-18-34-69(63)82)49-66(72)67-50-61(46-48-73(67)81)83-70-35-19-15-31-64(70)65-32-16-20-36-71(65)83/h1-50H. The molecule has 0 saturated carbocycles. The van der Waals surface area contributed by atoms with Crippen LogP contribution >= 0.6 is 0 Å². The molecule has 83 heavy (non-hydrogen) atoms. The molecule has 4 heteroatoms. The second kappa shape index (κ2) is 19.5. The van der Waals surface area contributed by atoms with Crippen molar-refractivity contribution in [2.45, 2.75) is 0 Å². The van der Waals surface area contributed by atoms with Gasteiger partial charge in [-0.15, -0.1) is 0 Å². The number of hydrogen-bond donors (Lipinski definition) is 0. The number of fused-ring (bicyclic) bond motifs is 9. The van der Waals surface area contributed by atoms with Gasteiger partial charge in [-0.1, -0.05) is 218 Å². The van der Waals surface area contributed by atoms with Crippen molar-refractivity contribution in [3.05, 3.63) is 309 Å². The van der Waals surface area contributed by atoms with Gasteiger partial charge in [-0.25, -0.2) is 0 Å². The van der Waals surface area contributed by atoms with Gasteiger partial charge in [-0.2, -0.15) is 5.26 Å². The molecule has 0 amide bonds. The molecule has 0 radical (unpaired) electrons. The van der Waals surface area contributed by atoms with Gasteiger partial charge < -0.3 is 13.7 Å². The van der Waals surface area contributed by atoms with Crippen molar-refractivity contribution in [1.29, 1.82) is 5.26 Å². The molecule has 0 aliphatic rings. The number of para-hydroxylation sites is 4. The smallest absolute Gasteiger partial charge is 0.0991 e. The van der Waals surface area contributed by atoms with E-state index < -0.39 is 0 Å². The Morgan fingerprint density at radius 2 is 0.446 bits per heavy atom. The van der Waals surface area contributed by atoms with Crippen molar-refractivity contribution < 1.29 is 0 Å². The Bertz CT molecular complexity index is 4940. The predicted molar refractivity (Wildman–Crippen MR) is 347 cm³/mol. The zero-order valence-corrected chi connectivity index (χ0v) is 45.2. The molecule has 0 bridgehead atoms. The van der Waals surface area contributed by atoms with Crippen LogP contribution in [0.4, 0.5) is 0 Å². The number of nitrogens with zero attached hydrogens (tertiary/aromatic N) is 4. The first-order chi connectivity index (χ1) is 41.2. The number of benzene rings is 13. The molecule has 0 atom stereocenters. The highest BCUT2D eigenvalue weighted by Crippen LogP contribution is 2.56. The molecule has 16 rings (SSSR count). The zero-order valence-electron chi connectivity index (χ0n) is 45.2. The van der Waals surface area contributed by atoms with Crippen LogP contribution in [-0.2, 0) is 0 Å². The maximum atomic E-state index is 10.2. The summed E-state index contributed by atoms with van der Waals surface area (Å²) in [7, 11) is 0. The summed E-state index contributed by atoms with van der Waals surface area (Å²) >= 11 is 0. The number of nitriles is 1. The van der Waals surface area contributed by atoms with Crippen molar-refractivity contribution in [3.63, 3.8) is 0 Å².